The number of rotatable bonds is 3. The first-order valence-electron chi connectivity index (χ1n) is 10.5. The first kappa shape index (κ1) is 23.6. The molecule has 174 valence electrons. The van der Waals surface area contributed by atoms with Crippen LogP contribution in [0.15, 0.2) is 48.5 Å². The van der Waals surface area contributed by atoms with E-state index in [0.717, 1.165) is 57.6 Å². The van der Waals surface area contributed by atoms with Gasteiger partial charge in [0.15, 0.2) is 34.9 Å². The van der Waals surface area contributed by atoms with E-state index < -0.39 is 34.9 Å². The highest BCUT2D eigenvalue weighted by atomic mass is 19.2. The van der Waals surface area contributed by atoms with Crippen LogP contribution in [-0.4, -0.2) is 0 Å². The van der Waals surface area contributed by atoms with Crippen molar-refractivity contribution in [2.45, 2.75) is 27.7 Å². The van der Waals surface area contributed by atoms with Crippen molar-refractivity contribution in [2.75, 3.05) is 0 Å². The van der Waals surface area contributed by atoms with Crippen LogP contribution in [0.4, 0.5) is 26.3 Å². The average Bonchev–Trinajstić information content (AvgIpc) is 2.78. The molecule has 6 heteroatoms. The molecule has 0 bridgehead atoms. The molecule has 0 heterocycles. The zero-order valence-electron chi connectivity index (χ0n) is 18.9. The van der Waals surface area contributed by atoms with Gasteiger partial charge >= 0.3 is 0 Å². The number of hydrogen-bond acceptors (Lipinski definition) is 0. The Morgan fingerprint density at radius 2 is 0.647 bits per heavy atom. The van der Waals surface area contributed by atoms with E-state index in [1.807, 2.05) is 27.7 Å². The van der Waals surface area contributed by atoms with E-state index in [9.17, 15) is 26.3 Å². The lowest BCUT2D eigenvalue weighted by Crippen LogP contribution is -1.97. The van der Waals surface area contributed by atoms with Gasteiger partial charge in [-0.3, -0.25) is 0 Å². The van der Waals surface area contributed by atoms with Crippen molar-refractivity contribution in [3.8, 4) is 33.4 Å². The van der Waals surface area contributed by atoms with E-state index in [4.69, 9.17) is 0 Å². The molecule has 0 saturated heterocycles. The summed E-state index contributed by atoms with van der Waals surface area (Å²) in [4.78, 5) is 0. The Hall–Kier alpha value is -3.54. The van der Waals surface area contributed by atoms with Gasteiger partial charge in [-0.05, 0) is 120 Å². The highest BCUT2D eigenvalue weighted by Gasteiger charge is 2.18. The van der Waals surface area contributed by atoms with Crippen LogP contribution in [0.5, 0.6) is 0 Å². The SMILES string of the molecule is Cc1cc(-c2cc(F)c(F)c(F)c2)cc(-c2cc(-c3cc(F)c(F)c(F)c3)cc(C)c2C)c1C. The van der Waals surface area contributed by atoms with Gasteiger partial charge in [0.25, 0.3) is 0 Å². The maximum atomic E-state index is 13.9. The minimum Gasteiger partial charge on any atom is -0.204 e. The molecule has 0 radical (unpaired) electrons. The summed E-state index contributed by atoms with van der Waals surface area (Å²) in [7, 11) is 0. The molecule has 0 nitrogen and oxygen atoms in total. The lowest BCUT2D eigenvalue weighted by molar-refractivity contribution is 0.447. The van der Waals surface area contributed by atoms with Gasteiger partial charge in [-0.2, -0.15) is 0 Å². The number of aryl methyl sites for hydroxylation is 2. The Labute approximate surface area is 193 Å². The first-order chi connectivity index (χ1) is 16.0. The number of benzene rings is 4. The monoisotopic (exact) mass is 470 g/mol. The summed E-state index contributed by atoms with van der Waals surface area (Å²) in [5.41, 5.74) is 6.25. The van der Waals surface area contributed by atoms with Gasteiger partial charge < -0.3 is 0 Å². The summed E-state index contributed by atoms with van der Waals surface area (Å²) in [6, 6.07) is 10.7. The van der Waals surface area contributed by atoms with Crippen LogP contribution in [0.1, 0.15) is 22.3 Å². The smallest absolute Gasteiger partial charge is 0.194 e. The molecule has 0 saturated carbocycles. The van der Waals surface area contributed by atoms with Gasteiger partial charge in [-0.1, -0.05) is 12.1 Å². The van der Waals surface area contributed by atoms with Crippen molar-refractivity contribution in [3.63, 3.8) is 0 Å². The number of halogens is 6. The first-order valence-corrected chi connectivity index (χ1v) is 10.5. The van der Waals surface area contributed by atoms with E-state index in [1.165, 1.54) is 0 Å². The molecule has 0 unspecified atom stereocenters. The molecule has 0 aromatic heterocycles. The van der Waals surface area contributed by atoms with Gasteiger partial charge in [-0.15, -0.1) is 0 Å². The molecular weight excluding hydrogens is 450 g/mol. The van der Waals surface area contributed by atoms with Crippen LogP contribution in [-0.2, 0) is 0 Å². The Balaban J connectivity index is 1.95. The molecule has 34 heavy (non-hydrogen) atoms. The standard InChI is InChI=1S/C28H20F6/c1-13-5-17(19-9-23(29)27(33)24(30)10-19)7-21(15(13)3)22-8-18(6-14(2)16(22)4)20-11-25(31)28(34)26(32)12-20/h5-12H,1-4H3. The van der Waals surface area contributed by atoms with Gasteiger partial charge in [0, 0.05) is 0 Å². The summed E-state index contributed by atoms with van der Waals surface area (Å²) in [5, 5.41) is 0. The van der Waals surface area contributed by atoms with E-state index in [-0.39, 0.29) is 11.1 Å². The van der Waals surface area contributed by atoms with Gasteiger partial charge in [0.05, 0.1) is 0 Å². The molecule has 4 aromatic carbocycles. The summed E-state index contributed by atoms with van der Waals surface area (Å²) < 4.78 is 82.5. The Bertz CT molecular complexity index is 1300. The van der Waals surface area contributed by atoms with Gasteiger partial charge in [0.1, 0.15) is 0 Å². The minimum atomic E-state index is -1.54. The molecular formula is C28H20F6. The van der Waals surface area contributed by atoms with Crippen LogP contribution in [0.25, 0.3) is 33.4 Å². The third kappa shape index (κ3) is 4.09. The predicted molar refractivity (Wildman–Crippen MR) is 121 cm³/mol. The lowest BCUT2D eigenvalue weighted by Gasteiger charge is -2.18. The third-order valence-corrected chi connectivity index (χ3v) is 6.26. The normalized spacial score (nSPS) is 11.2. The van der Waals surface area contributed by atoms with Crippen LogP contribution >= 0.6 is 0 Å². The second-order valence-electron chi connectivity index (χ2n) is 8.44. The topological polar surface area (TPSA) is 0 Å². The maximum absolute atomic E-state index is 13.9. The van der Waals surface area contributed by atoms with Gasteiger partial charge in [-0.25, -0.2) is 26.3 Å². The van der Waals surface area contributed by atoms with Crippen molar-refractivity contribution in [1.29, 1.82) is 0 Å². The molecule has 0 spiro atoms. The van der Waals surface area contributed by atoms with Crippen LogP contribution in [0, 0.1) is 62.6 Å². The van der Waals surface area contributed by atoms with E-state index >= 15 is 0 Å². The largest absolute Gasteiger partial charge is 0.204 e. The highest BCUT2D eigenvalue weighted by molar-refractivity contribution is 5.82. The highest BCUT2D eigenvalue weighted by Crippen LogP contribution is 2.38. The number of hydrogen-bond donors (Lipinski definition) is 0. The lowest BCUT2D eigenvalue weighted by atomic mass is 9.87. The van der Waals surface area contributed by atoms with Crippen LogP contribution in [0.3, 0.4) is 0 Å². The van der Waals surface area contributed by atoms with Crippen molar-refractivity contribution in [1.82, 2.24) is 0 Å². The van der Waals surface area contributed by atoms with Crippen LogP contribution in [0.2, 0.25) is 0 Å². The quantitative estimate of drug-likeness (QED) is 0.207. The molecule has 0 atom stereocenters. The van der Waals surface area contributed by atoms with Crippen molar-refractivity contribution >= 4 is 0 Å². The third-order valence-electron chi connectivity index (χ3n) is 6.26. The van der Waals surface area contributed by atoms with E-state index in [1.54, 1.807) is 24.3 Å². The van der Waals surface area contributed by atoms with Crippen LogP contribution < -0.4 is 0 Å². The maximum Gasteiger partial charge on any atom is 0.194 e. The molecule has 0 N–H and O–H groups in total. The fourth-order valence-corrected chi connectivity index (χ4v) is 4.06. The molecule has 0 aliphatic carbocycles. The zero-order valence-corrected chi connectivity index (χ0v) is 18.9. The minimum absolute atomic E-state index is 0.175. The molecule has 4 rings (SSSR count). The van der Waals surface area contributed by atoms with Gasteiger partial charge in [0.2, 0.25) is 0 Å². The molecule has 0 fully saturated rings. The fraction of sp³-hybridized carbons (Fsp3) is 0.143. The van der Waals surface area contributed by atoms with E-state index in [0.29, 0.717) is 11.1 Å². The van der Waals surface area contributed by atoms with Crippen molar-refractivity contribution < 1.29 is 26.3 Å². The summed E-state index contributed by atoms with van der Waals surface area (Å²) >= 11 is 0. The molecule has 0 aliphatic heterocycles. The molecule has 4 aromatic rings. The second-order valence-corrected chi connectivity index (χ2v) is 8.44. The zero-order chi connectivity index (χ0) is 24.9. The Morgan fingerprint density at radius 3 is 0.941 bits per heavy atom. The molecule has 0 aliphatic rings. The second kappa shape index (κ2) is 8.67. The summed E-state index contributed by atoms with van der Waals surface area (Å²) in [6.45, 7) is 7.46. The summed E-state index contributed by atoms with van der Waals surface area (Å²) in [5.74, 6) is -8.22. The Kier molecular flexibility index (Phi) is 6.02. The summed E-state index contributed by atoms with van der Waals surface area (Å²) in [6.07, 6.45) is 0. The van der Waals surface area contributed by atoms with E-state index in [2.05, 4.69) is 0 Å². The average molecular weight is 470 g/mol. The fourth-order valence-electron chi connectivity index (χ4n) is 4.06. The molecule has 0 amide bonds. The van der Waals surface area contributed by atoms with Crippen molar-refractivity contribution in [3.05, 3.63) is 106 Å². The van der Waals surface area contributed by atoms with Crippen molar-refractivity contribution in [2.24, 2.45) is 0 Å². The Morgan fingerprint density at radius 1 is 0.382 bits per heavy atom. The predicted octanol–water partition coefficient (Wildman–Crippen LogP) is 8.76.